The molecule has 1 heterocycles. The molecule has 0 aliphatic carbocycles. The first-order valence-corrected chi connectivity index (χ1v) is 6.08. The quantitative estimate of drug-likeness (QED) is 0.686. The van der Waals surface area contributed by atoms with Crippen LogP contribution in [0.5, 0.6) is 0 Å². The second-order valence-corrected chi connectivity index (χ2v) is 3.69. The van der Waals surface area contributed by atoms with Crippen molar-refractivity contribution in [2.45, 2.75) is 20.4 Å². The van der Waals surface area contributed by atoms with Crippen LogP contribution in [0.15, 0.2) is 12.3 Å². The van der Waals surface area contributed by atoms with Crippen molar-refractivity contribution in [3.05, 3.63) is 18.0 Å². The van der Waals surface area contributed by atoms with Crippen LogP contribution in [0.3, 0.4) is 0 Å². The molecule has 1 aromatic heterocycles. The minimum Gasteiger partial charge on any atom is -0.383 e. The van der Waals surface area contributed by atoms with Gasteiger partial charge in [-0.25, -0.2) is 9.97 Å². The first-order valence-electron chi connectivity index (χ1n) is 6.08. The van der Waals surface area contributed by atoms with E-state index in [9.17, 15) is 0 Å². The summed E-state index contributed by atoms with van der Waals surface area (Å²) in [6, 6.07) is 1.94. The van der Waals surface area contributed by atoms with Crippen molar-refractivity contribution in [3.8, 4) is 0 Å². The van der Waals surface area contributed by atoms with Crippen molar-refractivity contribution in [2.75, 3.05) is 38.3 Å². The molecule has 0 radical (unpaired) electrons. The first kappa shape index (κ1) is 13.9. The fourth-order valence-corrected chi connectivity index (χ4v) is 1.53. The van der Waals surface area contributed by atoms with Crippen LogP contribution in [-0.2, 0) is 11.3 Å². The third-order valence-electron chi connectivity index (χ3n) is 2.54. The highest BCUT2D eigenvalue weighted by molar-refractivity contribution is 5.29. The van der Waals surface area contributed by atoms with Gasteiger partial charge in [-0.05, 0) is 19.9 Å². The predicted molar refractivity (Wildman–Crippen MR) is 69.2 cm³/mol. The lowest BCUT2D eigenvalue weighted by Gasteiger charge is -2.18. The molecule has 1 aromatic rings. The zero-order chi connectivity index (χ0) is 12.5. The van der Waals surface area contributed by atoms with Gasteiger partial charge in [0.25, 0.3) is 0 Å². The highest BCUT2D eigenvalue weighted by atomic mass is 16.5. The summed E-state index contributed by atoms with van der Waals surface area (Å²) in [7, 11) is 1.70. The second kappa shape index (κ2) is 7.97. The Balaban J connectivity index is 2.53. The van der Waals surface area contributed by atoms with E-state index in [1.54, 1.807) is 7.11 Å². The molecule has 0 aliphatic rings. The molecule has 96 valence electrons. The van der Waals surface area contributed by atoms with Gasteiger partial charge < -0.3 is 15.0 Å². The summed E-state index contributed by atoms with van der Waals surface area (Å²) < 4.78 is 4.97. The van der Waals surface area contributed by atoms with Gasteiger partial charge >= 0.3 is 0 Å². The van der Waals surface area contributed by atoms with E-state index in [1.165, 1.54) is 0 Å². The molecule has 0 spiro atoms. The Labute approximate surface area is 103 Å². The molecule has 0 atom stereocenters. The van der Waals surface area contributed by atoms with Crippen LogP contribution in [0.1, 0.15) is 19.5 Å². The summed E-state index contributed by atoms with van der Waals surface area (Å²) in [5.41, 5.74) is 1.01. The number of anilines is 1. The smallest absolute Gasteiger partial charge is 0.225 e. The third-order valence-corrected chi connectivity index (χ3v) is 2.54. The number of aromatic nitrogens is 2. The van der Waals surface area contributed by atoms with Crippen molar-refractivity contribution in [1.29, 1.82) is 0 Å². The molecule has 0 aliphatic heterocycles. The fourth-order valence-electron chi connectivity index (χ4n) is 1.53. The number of methoxy groups -OCH3 is 1. The molecule has 1 rings (SSSR count). The number of nitrogens with zero attached hydrogens (tertiary/aromatic N) is 3. The lowest BCUT2D eigenvalue weighted by molar-refractivity contribution is 0.199. The molecule has 0 saturated heterocycles. The van der Waals surface area contributed by atoms with Gasteiger partial charge in [-0.3, -0.25) is 0 Å². The maximum atomic E-state index is 4.97. The van der Waals surface area contributed by atoms with Gasteiger partial charge in [0.05, 0.1) is 12.3 Å². The topological polar surface area (TPSA) is 50.3 Å². The van der Waals surface area contributed by atoms with Crippen LogP contribution in [0.4, 0.5) is 5.95 Å². The Bertz CT molecular complexity index is 315. The molecule has 5 nitrogen and oxygen atoms in total. The maximum Gasteiger partial charge on any atom is 0.225 e. The Morgan fingerprint density at radius 1 is 1.35 bits per heavy atom. The van der Waals surface area contributed by atoms with Gasteiger partial charge in [0.15, 0.2) is 0 Å². The Morgan fingerprint density at radius 2 is 2.12 bits per heavy atom. The molecule has 0 unspecified atom stereocenters. The van der Waals surface area contributed by atoms with Crippen LogP contribution < -0.4 is 10.2 Å². The predicted octanol–water partition coefficient (Wildman–Crippen LogP) is 1.06. The Kier molecular flexibility index (Phi) is 6.50. The molecule has 0 aromatic carbocycles. The van der Waals surface area contributed by atoms with Gasteiger partial charge in [-0.1, -0.05) is 0 Å². The van der Waals surface area contributed by atoms with E-state index in [0.29, 0.717) is 6.61 Å². The molecule has 0 bridgehead atoms. The van der Waals surface area contributed by atoms with Crippen molar-refractivity contribution in [3.63, 3.8) is 0 Å². The van der Waals surface area contributed by atoms with Crippen molar-refractivity contribution >= 4 is 5.95 Å². The van der Waals surface area contributed by atoms with Gasteiger partial charge in [-0.15, -0.1) is 0 Å². The van der Waals surface area contributed by atoms with Crippen LogP contribution in [0.2, 0.25) is 0 Å². The molecular weight excluding hydrogens is 216 g/mol. The average molecular weight is 238 g/mol. The van der Waals surface area contributed by atoms with Gasteiger partial charge in [0.1, 0.15) is 0 Å². The van der Waals surface area contributed by atoms with E-state index in [-0.39, 0.29) is 0 Å². The number of ether oxygens (including phenoxy) is 1. The first-order chi connectivity index (χ1) is 8.31. The maximum absolute atomic E-state index is 4.97. The minimum absolute atomic E-state index is 0.716. The lowest BCUT2D eigenvalue weighted by Crippen LogP contribution is -2.25. The van der Waals surface area contributed by atoms with E-state index in [1.807, 2.05) is 12.3 Å². The summed E-state index contributed by atoms with van der Waals surface area (Å²) in [5, 5.41) is 3.27. The summed E-state index contributed by atoms with van der Waals surface area (Å²) in [5.74, 6) is 0.807. The average Bonchev–Trinajstić information content (AvgIpc) is 2.37. The fraction of sp³-hybridized carbons (Fsp3) is 0.667. The van der Waals surface area contributed by atoms with Crippen LogP contribution in [-0.4, -0.2) is 43.3 Å². The zero-order valence-corrected chi connectivity index (χ0v) is 10.9. The molecule has 17 heavy (non-hydrogen) atoms. The van der Waals surface area contributed by atoms with Crippen molar-refractivity contribution in [2.24, 2.45) is 0 Å². The standard InChI is InChI=1S/C12H22N4O/c1-4-16(5-2)12-14-7-6-11(15-12)10-13-8-9-17-3/h6-7,13H,4-5,8-10H2,1-3H3. The SMILES string of the molecule is CCN(CC)c1nccc(CNCCOC)n1. The number of rotatable bonds is 8. The normalized spacial score (nSPS) is 10.5. The molecule has 1 N–H and O–H groups in total. The minimum atomic E-state index is 0.716. The number of nitrogens with one attached hydrogen (secondary N) is 1. The second-order valence-electron chi connectivity index (χ2n) is 3.69. The van der Waals surface area contributed by atoms with Crippen molar-refractivity contribution < 1.29 is 4.74 Å². The van der Waals surface area contributed by atoms with E-state index < -0.39 is 0 Å². The molecular formula is C12H22N4O. The molecule has 5 heteroatoms. The van der Waals surface area contributed by atoms with Gasteiger partial charge in [0.2, 0.25) is 5.95 Å². The number of hydrogen-bond acceptors (Lipinski definition) is 5. The molecule has 0 amide bonds. The van der Waals surface area contributed by atoms with E-state index in [0.717, 1.165) is 37.8 Å². The van der Waals surface area contributed by atoms with E-state index in [2.05, 4.69) is 34.0 Å². The van der Waals surface area contributed by atoms with Crippen LogP contribution in [0.25, 0.3) is 0 Å². The third kappa shape index (κ3) is 4.66. The molecule has 0 fully saturated rings. The molecule has 0 saturated carbocycles. The lowest BCUT2D eigenvalue weighted by atomic mass is 10.4. The van der Waals surface area contributed by atoms with Gasteiger partial charge in [0, 0.05) is 39.5 Å². The largest absolute Gasteiger partial charge is 0.383 e. The summed E-state index contributed by atoms with van der Waals surface area (Å²) in [4.78, 5) is 10.9. The van der Waals surface area contributed by atoms with Crippen LogP contribution in [0, 0.1) is 0 Å². The summed E-state index contributed by atoms with van der Waals surface area (Å²) in [6.07, 6.45) is 1.81. The summed E-state index contributed by atoms with van der Waals surface area (Å²) >= 11 is 0. The highest BCUT2D eigenvalue weighted by Gasteiger charge is 2.05. The summed E-state index contributed by atoms with van der Waals surface area (Å²) in [6.45, 7) is 8.37. The Morgan fingerprint density at radius 3 is 2.76 bits per heavy atom. The van der Waals surface area contributed by atoms with E-state index >= 15 is 0 Å². The number of hydrogen-bond donors (Lipinski definition) is 1. The van der Waals surface area contributed by atoms with Crippen molar-refractivity contribution in [1.82, 2.24) is 15.3 Å². The highest BCUT2D eigenvalue weighted by Crippen LogP contribution is 2.06. The zero-order valence-electron chi connectivity index (χ0n) is 10.9. The Hall–Kier alpha value is -1.20. The van der Waals surface area contributed by atoms with Crippen LogP contribution >= 0.6 is 0 Å². The monoisotopic (exact) mass is 238 g/mol. The van der Waals surface area contributed by atoms with Gasteiger partial charge in [-0.2, -0.15) is 0 Å². The van der Waals surface area contributed by atoms with E-state index in [4.69, 9.17) is 4.74 Å².